The zero-order valence-electron chi connectivity index (χ0n) is 13.2. The van der Waals surface area contributed by atoms with Gasteiger partial charge in [-0.3, -0.25) is 4.79 Å². The van der Waals surface area contributed by atoms with E-state index < -0.39 is 0 Å². The van der Waals surface area contributed by atoms with Gasteiger partial charge in [-0.05, 0) is 40.3 Å². The average molecular weight is 278 g/mol. The summed E-state index contributed by atoms with van der Waals surface area (Å²) in [5, 5.41) is 6.16. The molecular weight excluding hydrogens is 252 g/mol. The molecule has 0 saturated carbocycles. The molecule has 0 saturated heterocycles. The molecule has 20 heavy (non-hydrogen) atoms. The standard InChI is InChI=1S/C16H26N2O2/c1-6-17-10-13-9-12(2)7-8-14(13)20-11-15(19)18-16(3,4)5/h7-9,17H,6,10-11H2,1-5H3,(H,18,19). The number of carbonyl (C=O) groups is 1. The van der Waals surface area contributed by atoms with Gasteiger partial charge in [0, 0.05) is 17.6 Å². The molecule has 0 aliphatic heterocycles. The molecule has 112 valence electrons. The Morgan fingerprint density at radius 3 is 2.60 bits per heavy atom. The molecule has 0 atom stereocenters. The van der Waals surface area contributed by atoms with Crippen molar-refractivity contribution < 1.29 is 9.53 Å². The van der Waals surface area contributed by atoms with Gasteiger partial charge in [-0.25, -0.2) is 0 Å². The molecule has 4 nitrogen and oxygen atoms in total. The number of rotatable bonds is 6. The Morgan fingerprint density at radius 2 is 2.00 bits per heavy atom. The van der Waals surface area contributed by atoms with Crippen molar-refractivity contribution in [1.82, 2.24) is 10.6 Å². The van der Waals surface area contributed by atoms with Gasteiger partial charge in [0.1, 0.15) is 5.75 Å². The third-order valence-electron chi connectivity index (χ3n) is 2.65. The van der Waals surface area contributed by atoms with Gasteiger partial charge in [0.2, 0.25) is 0 Å². The van der Waals surface area contributed by atoms with Crippen LogP contribution in [0.15, 0.2) is 18.2 Å². The minimum Gasteiger partial charge on any atom is -0.483 e. The summed E-state index contributed by atoms with van der Waals surface area (Å²) in [6.45, 7) is 11.7. The predicted octanol–water partition coefficient (Wildman–Crippen LogP) is 2.40. The Balaban J connectivity index is 2.65. The minimum atomic E-state index is -0.236. The first kappa shape index (κ1) is 16.5. The molecule has 0 fully saturated rings. The van der Waals surface area contributed by atoms with Crippen LogP contribution in [0.2, 0.25) is 0 Å². The second-order valence-electron chi connectivity index (χ2n) is 5.98. The summed E-state index contributed by atoms with van der Waals surface area (Å²) in [4.78, 5) is 11.8. The van der Waals surface area contributed by atoms with Crippen molar-refractivity contribution in [1.29, 1.82) is 0 Å². The number of nitrogens with one attached hydrogen (secondary N) is 2. The van der Waals surface area contributed by atoms with Gasteiger partial charge in [-0.2, -0.15) is 0 Å². The number of ether oxygens (including phenoxy) is 1. The van der Waals surface area contributed by atoms with Crippen LogP contribution in [0, 0.1) is 6.92 Å². The Morgan fingerprint density at radius 1 is 1.30 bits per heavy atom. The number of amides is 1. The molecule has 1 rings (SSSR count). The van der Waals surface area contributed by atoms with Crippen molar-refractivity contribution in [3.63, 3.8) is 0 Å². The van der Waals surface area contributed by atoms with E-state index in [1.807, 2.05) is 39.8 Å². The first-order valence-electron chi connectivity index (χ1n) is 7.06. The first-order valence-corrected chi connectivity index (χ1v) is 7.06. The normalized spacial score (nSPS) is 11.2. The lowest BCUT2D eigenvalue weighted by Gasteiger charge is -2.21. The lowest BCUT2D eigenvalue weighted by atomic mass is 10.1. The van der Waals surface area contributed by atoms with Gasteiger partial charge in [0.05, 0.1) is 0 Å². The zero-order valence-corrected chi connectivity index (χ0v) is 13.2. The van der Waals surface area contributed by atoms with Gasteiger partial charge in [-0.1, -0.05) is 24.6 Å². The van der Waals surface area contributed by atoms with Crippen LogP contribution in [-0.2, 0) is 11.3 Å². The summed E-state index contributed by atoms with van der Waals surface area (Å²) in [6.07, 6.45) is 0. The maximum absolute atomic E-state index is 11.8. The van der Waals surface area contributed by atoms with Gasteiger partial charge in [0.15, 0.2) is 6.61 Å². The Bertz CT molecular complexity index is 450. The van der Waals surface area contributed by atoms with Crippen molar-refractivity contribution in [3.05, 3.63) is 29.3 Å². The monoisotopic (exact) mass is 278 g/mol. The molecule has 0 unspecified atom stereocenters. The van der Waals surface area contributed by atoms with Crippen LogP contribution in [0.25, 0.3) is 0 Å². The Hall–Kier alpha value is -1.55. The number of aryl methyl sites for hydroxylation is 1. The molecule has 1 aromatic carbocycles. The summed E-state index contributed by atoms with van der Waals surface area (Å²) in [5.41, 5.74) is 2.03. The molecule has 1 aromatic rings. The molecule has 0 aliphatic rings. The van der Waals surface area contributed by atoms with E-state index in [1.165, 1.54) is 5.56 Å². The molecule has 0 aromatic heterocycles. The van der Waals surface area contributed by atoms with Gasteiger partial charge >= 0.3 is 0 Å². The minimum absolute atomic E-state index is 0.0411. The third kappa shape index (κ3) is 6.06. The van der Waals surface area contributed by atoms with E-state index in [2.05, 4.69) is 23.6 Å². The van der Waals surface area contributed by atoms with Crippen molar-refractivity contribution in [3.8, 4) is 5.75 Å². The molecule has 0 radical (unpaired) electrons. The Kier molecular flexibility index (Phi) is 6.02. The van der Waals surface area contributed by atoms with Crippen LogP contribution in [0.5, 0.6) is 5.75 Å². The fourth-order valence-corrected chi connectivity index (χ4v) is 1.84. The lowest BCUT2D eigenvalue weighted by Crippen LogP contribution is -2.43. The third-order valence-corrected chi connectivity index (χ3v) is 2.65. The van der Waals surface area contributed by atoms with Crippen LogP contribution < -0.4 is 15.4 Å². The van der Waals surface area contributed by atoms with E-state index in [0.29, 0.717) is 0 Å². The van der Waals surface area contributed by atoms with Gasteiger partial charge in [-0.15, -0.1) is 0 Å². The molecule has 0 heterocycles. The maximum atomic E-state index is 11.8. The number of hydrogen-bond acceptors (Lipinski definition) is 3. The summed E-state index contributed by atoms with van der Waals surface area (Å²) in [5.74, 6) is 0.660. The number of benzene rings is 1. The molecule has 0 bridgehead atoms. The highest BCUT2D eigenvalue weighted by Crippen LogP contribution is 2.20. The van der Waals surface area contributed by atoms with E-state index in [9.17, 15) is 4.79 Å². The zero-order chi connectivity index (χ0) is 15.2. The van der Waals surface area contributed by atoms with Crippen LogP contribution in [-0.4, -0.2) is 24.6 Å². The van der Waals surface area contributed by atoms with Crippen LogP contribution in [0.3, 0.4) is 0 Å². The van der Waals surface area contributed by atoms with Crippen molar-refractivity contribution in [2.45, 2.75) is 46.7 Å². The topological polar surface area (TPSA) is 50.4 Å². The summed E-state index contributed by atoms with van der Waals surface area (Å²) < 4.78 is 5.64. The summed E-state index contributed by atoms with van der Waals surface area (Å²) >= 11 is 0. The molecule has 0 aliphatic carbocycles. The predicted molar refractivity (Wildman–Crippen MR) is 82.0 cm³/mol. The lowest BCUT2D eigenvalue weighted by molar-refractivity contribution is -0.124. The smallest absolute Gasteiger partial charge is 0.258 e. The van der Waals surface area contributed by atoms with Gasteiger partial charge < -0.3 is 15.4 Å². The van der Waals surface area contributed by atoms with E-state index in [0.717, 1.165) is 24.4 Å². The van der Waals surface area contributed by atoms with Crippen molar-refractivity contribution in [2.24, 2.45) is 0 Å². The van der Waals surface area contributed by atoms with Crippen LogP contribution in [0.1, 0.15) is 38.8 Å². The van der Waals surface area contributed by atoms with E-state index >= 15 is 0 Å². The second-order valence-corrected chi connectivity index (χ2v) is 5.98. The number of carbonyl (C=O) groups excluding carboxylic acids is 1. The molecule has 0 spiro atoms. The quantitative estimate of drug-likeness (QED) is 0.840. The summed E-state index contributed by atoms with van der Waals surface area (Å²) in [6, 6.07) is 6.00. The SMILES string of the molecule is CCNCc1cc(C)ccc1OCC(=O)NC(C)(C)C. The fourth-order valence-electron chi connectivity index (χ4n) is 1.84. The summed E-state index contributed by atoms with van der Waals surface area (Å²) in [7, 11) is 0. The second kappa shape index (κ2) is 7.29. The van der Waals surface area contributed by atoms with Crippen molar-refractivity contribution in [2.75, 3.05) is 13.2 Å². The molecule has 4 heteroatoms. The first-order chi connectivity index (χ1) is 9.31. The molecule has 1 amide bonds. The maximum Gasteiger partial charge on any atom is 0.258 e. The van der Waals surface area contributed by atoms with Gasteiger partial charge in [0.25, 0.3) is 5.91 Å². The van der Waals surface area contributed by atoms with E-state index in [1.54, 1.807) is 0 Å². The van der Waals surface area contributed by atoms with E-state index in [4.69, 9.17) is 4.74 Å². The largest absolute Gasteiger partial charge is 0.483 e. The van der Waals surface area contributed by atoms with Crippen LogP contribution >= 0.6 is 0 Å². The molecular formula is C16H26N2O2. The fraction of sp³-hybridized carbons (Fsp3) is 0.562. The highest BCUT2D eigenvalue weighted by molar-refractivity contribution is 5.78. The van der Waals surface area contributed by atoms with Crippen molar-refractivity contribution >= 4 is 5.91 Å². The highest BCUT2D eigenvalue weighted by Gasteiger charge is 2.14. The highest BCUT2D eigenvalue weighted by atomic mass is 16.5. The van der Waals surface area contributed by atoms with Crippen LogP contribution in [0.4, 0.5) is 0 Å². The number of hydrogen-bond donors (Lipinski definition) is 2. The van der Waals surface area contributed by atoms with E-state index in [-0.39, 0.29) is 18.1 Å². The molecule has 2 N–H and O–H groups in total. The Labute approximate surface area is 121 Å². The average Bonchev–Trinajstić information content (AvgIpc) is 2.33.